The molecule has 4 N–H and O–H groups in total. The first kappa shape index (κ1) is 31.8. The second-order valence-corrected chi connectivity index (χ2v) is 12.2. The molecule has 1 saturated heterocycles. The van der Waals surface area contributed by atoms with Crippen molar-refractivity contribution >= 4 is 18.0 Å². The summed E-state index contributed by atoms with van der Waals surface area (Å²) in [4.78, 5) is 38.9. The predicted octanol–water partition coefficient (Wildman–Crippen LogP) is 4.30. The van der Waals surface area contributed by atoms with Gasteiger partial charge in [0.2, 0.25) is 6.10 Å². The maximum Gasteiger partial charge on any atom is 0.410 e. The monoisotopic (exact) mass is 615 g/mol. The zero-order valence-corrected chi connectivity index (χ0v) is 25.9. The van der Waals surface area contributed by atoms with E-state index in [0.717, 1.165) is 28.7 Å². The zero-order chi connectivity index (χ0) is 32.0. The Morgan fingerprint density at radius 3 is 2.20 bits per heavy atom. The van der Waals surface area contributed by atoms with Crippen molar-refractivity contribution in [1.29, 1.82) is 0 Å². The summed E-state index contributed by atoms with van der Waals surface area (Å²) >= 11 is 0. The van der Waals surface area contributed by atoms with E-state index in [2.05, 4.69) is 0 Å². The number of ether oxygens (including phenoxy) is 3. The minimum absolute atomic E-state index is 0.0866. The fraction of sp³-hybridized carbons (Fsp3) is 0.382. The van der Waals surface area contributed by atoms with E-state index in [1.165, 1.54) is 0 Å². The predicted molar refractivity (Wildman–Crippen MR) is 169 cm³/mol. The van der Waals surface area contributed by atoms with Crippen LogP contribution in [0.1, 0.15) is 55.5 Å². The first-order chi connectivity index (χ1) is 21.6. The number of fused-ring (bicyclic) bond motifs is 1. The highest BCUT2D eigenvalue weighted by Crippen LogP contribution is 2.29. The average Bonchev–Trinajstić information content (AvgIpc) is 3.67. The highest BCUT2D eigenvalue weighted by atomic mass is 16.7. The van der Waals surface area contributed by atoms with Crippen LogP contribution in [-0.2, 0) is 32.2 Å². The Balaban J connectivity index is 1.16. The summed E-state index contributed by atoms with van der Waals surface area (Å²) in [5.41, 5.74) is 9.64. The smallest absolute Gasteiger partial charge is 0.410 e. The number of hydrogen-bond donors (Lipinski definition) is 2. The molecule has 0 bridgehead atoms. The van der Waals surface area contributed by atoms with Crippen molar-refractivity contribution in [3.63, 3.8) is 0 Å². The number of rotatable bonds is 9. The summed E-state index contributed by atoms with van der Waals surface area (Å²) in [5.74, 6) is 5.86. The van der Waals surface area contributed by atoms with E-state index in [0.29, 0.717) is 37.9 Å². The number of esters is 1. The third-order valence-electron chi connectivity index (χ3n) is 7.62. The molecule has 2 aliphatic heterocycles. The highest BCUT2D eigenvalue weighted by Gasteiger charge is 2.31. The summed E-state index contributed by atoms with van der Waals surface area (Å²) in [6.07, 6.45) is -1.37. The van der Waals surface area contributed by atoms with Crippen molar-refractivity contribution in [1.82, 2.24) is 9.80 Å². The van der Waals surface area contributed by atoms with Crippen LogP contribution in [0, 0.1) is 0 Å². The normalized spacial score (nSPS) is 17.3. The van der Waals surface area contributed by atoms with Crippen LogP contribution in [0.5, 0.6) is 5.75 Å². The van der Waals surface area contributed by atoms with Crippen molar-refractivity contribution in [3.8, 4) is 5.75 Å². The fourth-order valence-electron chi connectivity index (χ4n) is 5.34. The quantitative estimate of drug-likeness (QED) is 0.156. The number of benzene rings is 3. The van der Waals surface area contributed by atoms with Crippen LogP contribution in [0.3, 0.4) is 0 Å². The summed E-state index contributed by atoms with van der Waals surface area (Å²) in [6, 6.07) is 24.6. The Labute approximate surface area is 263 Å². The summed E-state index contributed by atoms with van der Waals surface area (Å²) in [5, 5.41) is 0. The van der Waals surface area contributed by atoms with Crippen molar-refractivity contribution in [2.75, 3.05) is 19.7 Å². The molecule has 0 aromatic heterocycles. The van der Waals surface area contributed by atoms with Gasteiger partial charge in [-0.2, -0.15) is 0 Å². The molecule has 238 valence electrons. The molecular formula is C34H41N5O6. The van der Waals surface area contributed by atoms with Crippen LogP contribution in [-0.4, -0.2) is 65.3 Å². The van der Waals surface area contributed by atoms with Gasteiger partial charge >= 0.3 is 12.1 Å². The molecule has 2 heterocycles. The van der Waals surface area contributed by atoms with Crippen molar-refractivity contribution in [3.05, 3.63) is 101 Å². The van der Waals surface area contributed by atoms with E-state index in [9.17, 15) is 9.59 Å². The van der Waals surface area contributed by atoms with E-state index in [1.807, 2.05) is 105 Å². The van der Waals surface area contributed by atoms with Crippen molar-refractivity contribution < 1.29 is 28.6 Å². The molecule has 0 aliphatic carbocycles. The molecule has 5 rings (SSSR count). The molecule has 1 amide bonds. The van der Waals surface area contributed by atoms with Crippen LogP contribution >= 0.6 is 0 Å². The first-order valence-electron chi connectivity index (χ1n) is 15.1. The lowest BCUT2D eigenvalue weighted by atomic mass is 10.0. The molecule has 11 heteroatoms. The largest absolute Gasteiger partial charge is 0.490 e. The number of carbonyl (C=O) groups is 2. The maximum absolute atomic E-state index is 13.1. The standard InChI is InChI=1S/C34H41N5O6/c1-34(2,3)44-33(41)38-17-16-27(21-38)37-32(35)39-19-25-14-15-28(18-26(25)20-39)42-22-29(45-36)31(40)43-30(23-10-6-4-7-11-23)24-12-8-5-9-13-24/h4-15,18,27,29-30H,16-17,19-22,36H2,1-3H3,(H2,35,37)/t27-,29+/m1/s1. The van der Waals surface area contributed by atoms with E-state index in [4.69, 9.17) is 35.7 Å². The number of amides is 1. The van der Waals surface area contributed by atoms with Gasteiger partial charge in [-0.3, -0.25) is 4.84 Å². The van der Waals surface area contributed by atoms with Crippen LogP contribution in [0.15, 0.2) is 83.9 Å². The van der Waals surface area contributed by atoms with Crippen molar-refractivity contribution in [2.24, 2.45) is 16.6 Å². The Morgan fingerprint density at radius 1 is 0.933 bits per heavy atom. The molecule has 0 saturated carbocycles. The Morgan fingerprint density at radius 2 is 1.58 bits per heavy atom. The van der Waals surface area contributed by atoms with Crippen LogP contribution in [0.4, 0.5) is 4.79 Å². The molecule has 3 aromatic rings. The fourth-order valence-corrected chi connectivity index (χ4v) is 5.34. The lowest BCUT2D eigenvalue weighted by Crippen LogP contribution is -2.37. The number of likely N-dealkylation sites (tertiary alicyclic amines) is 1. The van der Waals surface area contributed by atoms with Crippen LogP contribution < -0.4 is 16.4 Å². The van der Waals surface area contributed by atoms with E-state index < -0.39 is 23.8 Å². The lowest BCUT2D eigenvalue weighted by Gasteiger charge is -2.24. The molecule has 0 unspecified atom stereocenters. The average molecular weight is 616 g/mol. The van der Waals surface area contributed by atoms with Gasteiger partial charge in [0.1, 0.15) is 18.0 Å². The van der Waals surface area contributed by atoms with Gasteiger partial charge in [0.05, 0.1) is 6.04 Å². The number of nitrogens with two attached hydrogens (primary N) is 2. The summed E-state index contributed by atoms with van der Waals surface area (Å²) < 4.78 is 17.3. The second kappa shape index (κ2) is 14.0. The summed E-state index contributed by atoms with van der Waals surface area (Å²) in [6.45, 7) is 7.63. The van der Waals surface area contributed by atoms with Gasteiger partial charge in [0, 0.05) is 26.2 Å². The zero-order valence-electron chi connectivity index (χ0n) is 25.9. The molecular weight excluding hydrogens is 574 g/mol. The molecule has 45 heavy (non-hydrogen) atoms. The van der Waals surface area contributed by atoms with Crippen LogP contribution in [0.2, 0.25) is 0 Å². The molecule has 0 radical (unpaired) electrons. The van der Waals surface area contributed by atoms with Crippen molar-refractivity contribution in [2.45, 2.75) is 64.1 Å². The van der Waals surface area contributed by atoms with Gasteiger partial charge in [0.15, 0.2) is 12.1 Å². The molecule has 2 atom stereocenters. The Kier molecular flexibility index (Phi) is 9.90. The van der Waals surface area contributed by atoms with E-state index in [-0.39, 0.29) is 18.7 Å². The molecule has 11 nitrogen and oxygen atoms in total. The minimum atomic E-state index is -1.14. The van der Waals surface area contributed by atoms with Gasteiger partial charge in [0.25, 0.3) is 0 Å². The molecule has 1 fully saturated rings. The minimum Gasteiger partial charge on any atom is -0.490 e. The van der Waals surface area contributed by atoms with Gasteiger partial charge in [-0.15, -0.1) is 0 Å². The lowest BCUT2D eigenvalue weighted by molar-refractivity contribution is -0.163. The second-order valence-electron chi connectivity index (χ2n) is 12.2. The number of nitrogens with zero attached hydrogens (tertiary/aromatic N) is 3. The highest BCUT2D eigenvalue weighted by molar-refractivity contribution is 5.79. The van der Waals surface area contributed by atoms with E-state index in [1.54, 1.807) is 4.90 Å². The van der Waals surface area contributed by atoms with Gasteiger partial charge < -0.3 is 29.7 Å². The number of carbonyl (C=O) groups excluding carboxylic acids is 2. The summed E-state index contributed by atoms with van der Waals surface area (Å²) in [7, 11) is 0. The molecule has 2 aliphatic rings. The van der Waals surface area contributed by atoms with E-state index >= 15 is 0 Å². The third kappa shape index (κ3) is 8.31. The Bertz CT molecular complexity index is 1450. The first-order valence-corrected chi connectivity index (χ1v) is 15.1. The van der Waals surface area contributed by atoms with Gasteiger partial charge in [-0.05, 0) is 61.6 Å². The number of aliphatic imine (C=N–C) groups is 1. The maximum atomic E-state index is 13.1. The topological polar surface area (TPSA) is 142 Å². The SMILES string of the molecule is CC(C)(C)OC(=O)N1CC[C@@H](N=C(N)N2Cc3ccc(OC[C@H](ON)C(=O)OC(c4ccccc4)c4ccccc4)cc3C2)C1. The third-order valence-corrected chi connectivity index (χ3v) is 7.62. The molecule has 0 spiro atoms. The number of hydrogen-bond acceptors (Lipinski definition) is 8. The Hall–Kier alpha value is -4.61. The van der Waals surface area contributed by atoms with Gasteiger partial charge in [-0.25, -0.2) is 20.5 Å². The molecule has 3 aromatic carbocycles. The number of guanidine groups is 1. The van der Waals surface area contributed by atoms with Gasteiger partial charge in [-0.1, -0.05) is 66.7 Å². The van der Waals surface area contributed by atoms with Crippen LogP contribution in [0.25, 0.3) is 0 Å².